The first-order valence-electron chi connectivity index (χ1n) is 4.73. The first-order chi connectivity index (χ1) is 8.47. The highest BCUT2D eigenvalue weighted by atomic mass is 35.5. The smallest absolute Gasteiger partial charge is 0.412 e. The molecule has 0 aliphatic carbocycles. The number of aromatic carboxylic acids is 1. The maximum absolute atomic E-state index is 13.2. The second-order valence-electron chi connectivity index (χ2n) is 3.10. The van der Waals surface area contributed by atoms with E-state index in [1.165, 1.54) is 6.08 Å². The monoisotopic (exact) mass is 273 g/mol. The molecule has 7 heteroatoms. The summed E-state index contributed by atoms with van der Waals surface area (Å²) in [6.07, 6.45) is 0.370. The third-order valence-corrected chi connectivity index (χ3v) is 2.25. The van der Waals surface area contributed by atoms with E-state index in [9.17, 15) is 14.0 Å². The molecular weight excluding hydrogens is 265 g/mol. The highest BCUT2D eigenvalue weighted by Gasteiger charge is 2.19. The fraction of sp³-hybridized carbons (Fsp3) is 0.0909. The molecule has 1 aromatic carbocycles. The second-order valence-corrected chi connectivity index (χ2v) is 3.48. The molecule has 0 radical (unpaired) electrons. The lowest BCUT2D eigenvalue weighted by Gasteiger charge is -2.10. The summed E-state index contributed by atoms with van der Waals surface area (Å²) in [6, 6.07) is 1.89. The summed E-state index contributed by atoms with van der Waals surface area (Å²) in [5.74, 6) is -2.20. The summed E-state index contributed by atoms with van der Waals surface area (Å²) >= 11 is 5.59. The summed E-state index contributed by atoms with van der Waals surface area (Å²) in [4.78, 5) is 22.1. The first kappa shape index (κ1) is 14.0. The van der Waals surface area contributed by atoms with Crippen LogP contribution in [0.25, 0.3) is 0 Å². The minimum atomic E-state index is -1.35. The van der Waals surface area contributed by atoms with E-state index in [-0.39, 0.29) is 17.9 Å². The Hall–Kier alpha value is -2.08. The zero-order valence-corrected chi connectivity index (χ0v) is 9.83. The van der Waals surface area contributed by atoms with Crippen molar-refractivity contribution in [2.75, 3.05) is 11.9 Å². The van der Waals surface area contributed by atoms with Gasteiger partial charge in [-0.05, 0) is 12.1 Å². The van der Waals surface area contributed by atoms with E-state index < -0.39 is 22.9 Å². The van der Waals surface area contributed by atoms with Crippen molar-refractivity contribution in [3.05, 3.63) is 41.2 Å². The van der Waals surface area contributed by atoms with Gasteiger partial charge in [0.1, 0.15) is 17.4 Å². The third-order valence-electron chi connectivity index (χ3n) is 1.88. The number of carbonyl (C=O) groups is 2. The van der Waals surface area contributed by atoms with Gasteiger partial charge >= 0.3 is 12.1 Å². The number of hydrogen-bond donors (Lipinski definition) is 2. The fourth-order valence-corrected chi connectivity index (χ4v) is 1.34. The second kappa shape index (κ2) is 6.02. The summed E-state index contributed by atoms with van der Waals surface area (Å²) in [6.45, 7) is 3.26. The molecular formula is C11H9ClFNO4. The Morgan fingerprint density at radius 1 is 1.56 bits per heavy atom. The summed E-state index contributed by atoms with van der Waals surface area (Å²) in [7, 11) is 0. The van der Waals surface area contributed by atoms with Gasteiger partial charge in [0.25, 0.3) is 0 Å². The van der Waals surface area contributed by atoms with E-state index in [0.717, 1.165) is 12.1 Å². The van der Waals surface area contributed by atoms with Gasteiger partial charge in [-0.3, -0.25) is 5.32 Å². The number of benzene rings is 1. The van der Waals surface area contributed by atoms with Crippen LogP contribution >= 0.6 is 11.6 Å². The highest BCUT2D eigenvalue weighted by molar-refractivity contribution is 6.34. The molecule has 5 nitrogen and oxygen atoms in total. The van der Waals surface area contributed by atoms with Crippen LogP contribution in [0, 0.1) is 5.82 Å². The van der Waals surface area contributed by atoms with Crippen molar-refractivity contribution in [3.63, 3.8) is 0 Å². The van der Waals surface area contributed by atoms with Crippen LogP contribution in [0.1, 0.15) is 10.4 Å². The van der Waals surface area contributed by atoms with Gasteiger partial charge in [-0.15, -0.1) is 0 Å². The standard InChI is InChI=1S/C11H9ClFNO4/c1-2-5-18-11(17)14-9-6(10(15)16)3-4-7(13)8(9)12/h2-4H,1,5H2,(H,14,17)(H,15,16). The van der Waals surface area contributed by atoms with Crippen LogP contribution in [0.5, 0.6) is 0 Å². The molecule has 0 heterocycles. The number of carboxylic acids is 1. The normalized spacial score (nSPS) is 9.67. The Labute approximate surface area is 107 Å². The number of carbonyl (C=O) groups excluding carboxylic acids is 1. The Kier molecular flexibility index (Phi) is 4.67. The van der Waals surface area contributed by atoms with Crippen molar-refractivity contribution in [3.8, 4) is 0 Å². The number of ether oxygens (including phenoxy) is 1. The van der Waals surface area contributed by atoms with Crippen LogP contribution in [0.4, 0.5) is 14.9 Å². The molecule has 1 aromatic rings. The number of anilines is 1. The zero-order chi connectivity index (χ0) is 13.7. The molecule has 0 saturated heterocycles. The number of halogens is 2. The average molecular weight is 274 g/mol. The predicted octanol–water partition coefficient (Wildman–Crippen LogP) is 2.91. The summed E-state index contributed by atoms with van der Waals surface area (Å²) in [5.41, 5.74) is -0.685. The van der Waals surface area contributed by atoms with Gasteiger partial charge in [0.15, 0.2) is 0 Å². The Bertz CT molecular complexity index is 504. The molecule has 0 fully saturated rings. The maximum Gasteiger partial charge on any atom is 0.412 e. The molecule has 0 unspecified atom stereocenters. The lowest BCUT2D eigenvalue weighted by Crippen LogP contribution is -2.17. The molecule has 0 spiro atoms. The van der Waals surface area contributed by atoms with Gasteiger partial charge in [0.05, 0.1) is 11.3 Å². The quantitative estimate of drug-likeness (QED) is 0.827. The molecule has 2 N–H and O–H groups in total. The topological polar surface area (TPSA) is 75.6 Å². The van der Waals surface area contributed by atoms with Crippen LogP contribution in [0.2, 0.25) is 5.02 Å². The van der Waals surface area contributed by atoms with Crippen molar-refractivity contribution in [1.82, 2.24) is 0 Å². The Morgan fingerprint density at radius 2 is 2.22 bits per heavy atom. The van der Waals surface area contributed by atoms with Crippen molar-refractivity contribution < 1.29 is 23.8 Å². The molecule has 0 aliphatic rings. The van der Waals surface area contributed by atoms with Crippen molar-refractivity contribution in [2.24, 2.45) is 0 Å². The number of nitrogens with one attached hydrogen (secondary N) is 1. The lowest BCUT2D eigenvalue weighted by atomic mass is 10.1. The molecule has 0 aliphatic heterocycles. The molecule has 0 aromatic heterocycles. The first-order valence-corrected chi connectivity index (χ1v) is 5.11. The molecule has 0 atom stereocenters. The minimum absolute atomic E-state index is 0.0683. The zero-order valence-electron chi connectivity index (χ0n) is 9.07. The maximum atomic E-state index is 13.2. The fourth-order valence-electron chi connectivity index (χ4n) is 1.12. The molecule has 1 rings (SSSR count). The summed E-state index contributed by atoms with van der Waals surface area (Å²) < 4.78 is 17.8. The van der Waals surface area contributed by atoms with Gasteiger partial charge < -0.3 is 9.84 Å². The third kappa shape index (κ3) is 3.21. The van der Waals surface area contributed by atoms with E-state index in [2.05, 4.69) is 16.6 Å². The largest absolute Gasteiger partial charge is 0.478 e. The van der Waals surface area contributed by atoms with E-state index in [4.69, 9.17) is 16.7 Å². The molecule has 1 amide bonds. The Morgan fingerprint density at radius 3 is 2.78 bits per heavy atom. The van der Waals surface area contributed by atoms with Crippen molar-refractivity contribution in [1.29, 1.82) is 0 Å². The average Bonchev–Trinajstić information content (AvgIpc) is 2.32. The van der Waals surface area contributed by atoms with Crippen LogP contribution in [-0.2, 0) is 4.74 Å². The van der Waals surface area contributed by atoms with E-state index in [1.807, 2.05) is 0 Å². The van der Waals surface area contributed by atoms with Crippen LogP contribution in [-0.4, -0.2) is 23.8 Å². The van der Waals surface area contributed by atoms with Gasteiger partial charge in [-0.2, -0.15) is 0 Å². The van der Waals surface area contributed by atoms with Gasteiger partial charge in [0.2, 0.25) is 0 Å². The molecule has 0 bridgehead atoms. The predicted molar refractivity (Wildman–Crippen MR) is 63.5 cm³/mol. The van der Waals surface area contributed by atoms with Crippen LogP contribution in [0.15, 0.2) is 24.8 Å². The summed E-state index contributed by atoms with van der Waals surface area (Å²) in [5, 5.41) is 10.5. The minimum Gasteiger partial charge on any atom is -0.478 e. The van der Waals surface area contributed by atoms with Gasteiger partial charge in [-0.1, -0.05) is 24.3 Å². The lowest BCUT2D eigenvalue weighted by molar-refractivity contribution is 0.0698. The van der Waals surface area contributed by atoms with Crippen molar-refractivity contribution >= 4 is 29.4 Å². The number of amides is 1. The number of hydrogen-bond acceptors (Lipinski definition) is 3. The Balaban J connectivity index is 3.05. The van der Waals surface area contributed by atoms with E-state index in [0.29, 0.717) is 0 Å². The van der Waals surface area contributed by atoms with Crippen molar-refractivity contribution in [2.45, 2.75) is 0 Å². The number of carboxylic acid groups (broad SMARTS) is 1. The SMILES string of the molecule is C=CCOC(=O)Nc1c(C(=O)O)ccc(F)c1Cl. The van der Waals surface area contributed by atoms with Crippen LogP contribution in [0.3, 0.4) is 0 Å². The molecule has 0 saturated carbocycles. The molecule has 18 heavy (non-hydrogen) atoms. The highest BCUT2D eigenvalue weighted by Crippen LogP contribution is 2.29. The van der Waals surface area contributed by atoms with Gasteiger partial charge in [-0.25, -0.2) is 14.0 Å². The van der Waals surface area contributed by atoms with E-state index in [1.54, 1.807) is 0 Å². The van der Waals surface area contributed by atoms with Crippen LogP contribution < -0.4 is 5.32 Å². The van der Waals surface area contributed by atoms with Gasteiger partial charge in [0, 0.05) is 0 Å². The number of rotatable bonds is 4. The molecule has 96 valence electrons. The van der Waals surface area contributed by atoms with E-state index >= 15 is 0 Å².